The van der Waals surface area contributed by atoms with Gasteiger partial charge in [-0.15, -0.1) is 0 Å². The van der Waals surface area contributed by atoms with Crippen molar-refractivity contribution in [3.05, 3.63) is 18.1 Å². The first-order valence-corrected chi connectivity index (χ1v) is 6.93. The molecule has 2 aromatic heterocycles. The third-order valence-corrected chi connectivity index (χ3v) is 3.78. The summed E-state index contributed by atoms with van der Waals surface area (Å²) < 4.78 is 1.74. The molecule has 0 saturated heterocycles. The summed E-state index contributed by atoms with van der Waals surface area (Å²) in [5, 5.41) is 7.75. The summed E-state index contributed by atoms with van der Waals surface area (Å²) in [5.41, 5.74) is 7.20. The lowest BCUT2D eigenvalue weighted by atomic mass is 10.0. The first-order chi connectivity index (χ1) is 9.24. The van der Waals surface area contributed by atoms with Crippen molar-refractivity contribution in [3.8, 4) is 0 Å². The average molecular weight is 260 g/mol. The van der Waals surface area contributed by atoms with Crippen LogP contribution in [0.5, 0.6) is 0 Å². The third-order valence-electron chi connectivity index (χ3n) is 3.78. The van der Waals surface area contributed by atoms with Crippen LogP contribution in [0.4, 0.5) is 5.82 Å². The molecule has 0 aliphatic heterocycles. The molecule has 19 heavy (non-hydrogen) atoms. The highest BCUT2D eigenvalue weighted by Crippen LogP contribution is 2.21. The number of rotatable bonds is 2. The van der Waals surface area contributed by atoms with Crippen LogP contribution < -0.4 is 11.1 Å². The summed E-state index contributed by atoms with van der Waals surface area (Å²) in [5.74, 6) is 1.56. The maximum atomic E-state index is 6.26. The van der Waals surface area contributed by atoms with Crippen LogP contribution in [0.1, 0.15) is 37.8 Å². The highest BCUT2D eigenvalue weighted by molar-refractivity contribution is 5.45. The second-order valence-corrected chi connectivity index (χ2v) is 5.31. The monoisotopic (exact) mass is 260 g/mol. The SMILES string of the molecule is Cc1cc(NC2CCCCCC2N)n2ncnc2n1. The van der Waals surface area contributed by atoms with E-state index in [1.54, 1.807) is 4.52 Å². The number of fused-ring (bicyclic) bond motifs is 1. The lowest BCUT2D eigenvalue weighted by molar-refractivity contribution is 0.525. The van der Waals surface area contributed by atoms with Gasteiger partial charge in [0.15, 0.2) is 0 Å². The van der Waals surface area contributed by atoms with Gasteiger partial charge in [0, 0.05) is 23.8 Å². The van der Waals surface area contributed by atoms with Crippen LogP contribution in [0, 0.1) is 6.92 Å². The summed E-state index contributed by atoms with van der Waals surface area (Å²) in [4.78, 5) is 8.49. The summed E-state index contributed by atoms with van der Waals surface area (Å²) in [7, 11) is 0. The number of hydrogen-bond donors (Lipinski definition) is 2. The van der Waals surface area contributed by atoms with Crippen LogP contribution in [-0.4, -0.2) is 31.7 Å². The Morgan fingerprint density at radius 1 is 1.32 bits per heavy atom. The number of nitrogens with zero attached hydrogens (tertiary/aromatic N) is 4. The second kappa shape index (κ2) is 5.13. The van der Waals surface area contributed by atoms with Crippen LogP contribution in [0.25, 0.3) is 5.78 Å². The largest absolute Gasteiger partial charge is 0.366 e. The fraction of sp³-hybridized carbons (Fsp3) is 0.615. The smallest absolute Gasteiger partial charge is 0.254 e. The van der Waals surface area contributed by atoms with Gasteiger partial charge in [-0.3, -0.25) is 0 Å². The van der Waals surface area contributed by atoms with Crippen LogP contribution in [-0.2, 0) is 0 Å². The minimum Gasteiger partial charge on any atom is -0.366 e. The summed E-state index contributed by atoms with van der Waals surface area (Å²) in [6.07, 6.45) is 7.46. The highest BCUT2D eigenvalue weighted by Gasteiger charge is 2.21. The molecule has 1 aliphatic carbocycles. The molecule has 0 radical (unpaired) electrons. The summed E-state index contributed by atoms with van der Waals surface area (Å²) >= 11 is 0. The summed E-state index contributed by atoms with van der Waals surface area (Å²) in [6, 6.07) is 2.51. The van der Waals surface area contributed by atoms with Crippen LogP contribution in [0.15, 0.2) is 12.4 Å². The molecule has 2 unspecified atom stereocenters. The second-order valence-electron chi connectivity index (χ2n) is 5.31. The maximum Gasteiger partial charge on any atom is 0.254 e. The van der Waals surface area contributed by atoms with Crippen LogP contribution >= 0.6 is 0 Å². The zero-order chi connectivity index (χ0) is 13.2. The molecular formula is C13H20N6. The van der Waals surface area contributed by atoms with Crippen LogP contribution in [0.3, 0.4) is 0 Å². The van der Waals surface area contributed by atoms with Crippen LogP contribution in [0.2, 0.25) is 0 Å². The number of nitrogens with two attached hydrogens (primary N) is 1. The fourth-order valence-electron chi connectivity index (χ4n) is 2.74. The van der Waals surface area contributed by atoms with Gasteiger partial charge in [-0.25, -0.2) is 4.98 Å². The lowest BCUT2D eigenvalue weighted by Crippen LogP contribution is -2.39. The van der Waals surface area contributed by atoms with Gasteiger partial charge in [-0.2, -0.15) is 14.6 Å². The first-order valence-electron chi connectivity index (χ1n) is 6.93. The van der Waals surface area contributed by atoms with Crippen molar-refractivity contribution in [1.82, 2.24) is 19.6 Å². The minimum absolute atomic E-state index is 0.203. The topological polar surface area (TPSA) is 81.1 Å². The Morgan fingerprint density at radius 2 is 2.16 bits per heavy atom. The van der Waals surface area contributed by atoms with Gasteiger partial charge >= 0.3 is 0 Å². The standard InChI is InChI=1S/C13H20N6/c1-9-7-12(19-13(17-9)15-8-16-19)18-11-6-4-2-3-5-10(11)14/h7-8,10-11,18H,2-6,14H2,1H3. The van der Waals surface area contributed by atoms with Gasteiger partial charge < -0.3 is 11.1 Å². The molecule has 1 saturated carbocycles. The van der Waals surface area contributed by atoms with Crippen molar-refractivity contribution in [2.45, 2.75) is 51.1 Å². The van der Waals surface area contributed by atoms with Crippen molar-refractivity contribution in [2.24, 2.45) is 5.73 Å². The molecule has 6 heteroatoms. The molecule has 6 nitrogen and oxygen atoms in total. The van der Waals surface area contributed by atoms with Gasteiger partial charge in [0.05, 0.1) is 0 Å². The molecule has 2 heterocycles. The molecule has 1 aliphatic rings. The van der Waals surface area contributed by atoms with Crippen molar-refractivity contribution in [3.63, 3.8) is 0 Å². The average Bonchev–Trinajstić information content (AvgIpc) is 2.75. The van der Waals surface area contributed by atoms with Crippen molar-refractivity contribution in [1.29, 1.82) is 0 Å². The number of aromatic nitrogens is 4. The Morgan fingerprint density at radius 3 is 3.05 bits per heavy atom. The molecule has 0 bridgehead atoms. The fourth-order valence-corrected chi connectivity index (χ4v) is 2.74. The quantitative estimate of drug-likeness (QED) is 0.800. The Hall–Kier alpha value is -1.69. The van der Waals surface area contributed by atoms with Gasteiger partial charge in [0.2, 0.25) is 0 Å². The van der Waals surface area contributed by atoms with E-state index in [0.29, 0.717) is 11.8 Å². The predicted molar refractivity (Wildman–Crippen MR) is 74.0 cm³/mol. The Bertz CT molecular complexity index is 563. The highest BCUT2D eigenvalue weighted by atomic mass is 15.4. The number of nitrogens with one attached hydrogen (secondary N) is 1. The Balaban J connectivity index is 1.89. The zero-order valence-electron chi connectivity index (χ0n) is 11.2. The Kier molecular flexibility index (Phi) is 3.33. The van der Waals surface area contributed by atoms with E-state index >= 15 is 0 Å². The molecule has 2 atom stereocenters. The third kappa shape index (κ3) is 2.53. The lowest BCUT2D eigenvalue weighted by Gasteiger charge is -2.24. The molecule has 3 N–H and O–H groups in total. The van der Waals surface area contributed by atoms with Crippen molar-refractivity contribution >= 4 is 11.6 Å². The van der Waals surface area contributed by atoms with E-state index in [9.17, 15) is 0 Å². The normalized spacial score (nSPS) is 24.3. The van der Waals surface area contributed by atoms with E-state index < -0.39 is 0 Å². The number of anilines is 1. The number of hydrogen-bond acceptors (Lipinski definition) is 5. The van der Waals surface area contributed by atoms with Crippen molar-refractivity contribution in [2.75, 3.05) is 5.32 Å². The minimum atomic E-state index is 0.203. The van der Waals surface area contributed by atoms with E-state index in [1.807, 2.05) is 13.0 Å². The molecule has 102 valence electrons. The zero-order valence-corrected chi connectivity index (χ0v) is 11.2. The Labute approximate surface area is 112 Å². The first kappa shape index (κ1) is 12.3. The van der Waals surface area contributed by atoms with E-state index in [2.05, 4.69) is 20.4 Å². The molecule has 2 aromatic rings. The molecular weight excluding hydrogens is 240 g/mol. The molecule has 0 amide bonds. The van der Waals surface area contributed by atoms with E-state index in [-0.39, 0.29) is 6.04 Å². The number of aryl methyl sites for hydroxylation is 1. The van der Waals surface area contributed by atoms with Gasteiger partial charge in [0.25, 0.3) is 5.78 Å². The van der Waals surface area contributed by atoms with Gasteiger partial charge in [-0.1, -0.05) is 19.3 Å². The van der Waals surface area contributed by atoms with Gasteiger partial charge in [-0.05, 0) is 19.8 Å². The van der Waals surface area contributed by atoms with E-state index in [4.69, 9.17) is 5.73 Å². The summed E-state index contributed by atoms with van der Waals surface area (Å²) in [6.45, 7) is 1.97. The molecule has 0 spiro atoms. The van der Waals surface area contributed by atoms with Crippen molar-refractivity contribution < 1.29 is 0 Å². The molecule has 0 aromatic carbocycles. The van der Waals surface area contributed by atoms with E-state index in [0.717, 1.165) is 24.4 Å². The molecule has 1 fully saturated rings. The predicted octanol–water partition coefficient (Wildman–Crippen LogP) is 1.50. The molecule has 3 rings (SSSR count). The van der Waals surface area contributed by atoms with E-state index in [1.165, 1.54) is 25.6 Å². The maximum absolute atomic E-state index is 6.26. The van der Waals surface area contributed by atoms with Gasteiger partial charge in [0.1, 0.15) is 12.1 Å².